The zero-order chi connectivity index (χ0) is 11.0. The fourth-order valence-electron chi connectivity index (χ4n) is 1.54. The predicted molar refractivity (Wildman–Crippen MR) is 57.4 cm³/mol. The van der Waals surface area contributed by atoms with Crippen LogP contribution in [0.3, 0.4) is 0 Å². The second-order valence-electron chi connectivity index (χ2n) is 3.93. The molecule has 0 aliphatic heterocycles. The van der Waals surface area contributed by atoms with E-state index in [1.807, 2.05) is 12.2 Å². The molecule has 0 aromatic heterocycles. The topological polar surface area (TPSA) is 20.3 Å². The minimum absolute atomic E-state index is 0.173. The van der Waals surface area contributed by atoms with E-state index in [2.05, 4.69) is 13.1 Å². The van der Waals surface area contributed by atoms with E-state index < -0.39 is 12.7 Å². The van der Waals surface area contributed by atoms with E-state index in [0.717, 1.165) is 12.8 Å². The summed E-state index contributed by atoms with van der Waals surface area (Å²) in [5, 5.41) is -0.173. The molecular weight excluding hydrogens is 273 g/mol. The predicted octanol–water partition coefficient (Wildman–Crippen LogP) is 2.20. The summed E-state index contributed by atoms with van der Waals surface area (Å²) in [5.74, 6) is 0. The average Bonchev–Trinajstić information content (AvgIpc) is 2.47. The zero-order valence-corrected chi connectivity index (χ0v) is 12.2. The third kappa shape index (κ3) is 1.85. The quantitative estimate of drug-likeness (QED) is 0.337. The number of carbonyl (C=O) groups is 1. The van der Waals surface area contributed by atoms with Gasteiger partial charge in [-0.3, -0.25) is 0 Å². The molecule has 0 heterocycles. The van der Waals surface area contributed by atoms with Crippen LogP contribution in [-0.4, -0.2) is 27.6 Å². The molecule has 0 aromatic carbocycles. The van der Waals surface area contributed by atoms with Crippen molar-refractivity contribution >= 4 is 37.8 Å². The van der Waals surface area contributed by atoms with Crippen LogP contribution in [-0.2, 0) is 25.5 Å². The molecule has 0 saturated heterocycles. The first-order valence-electron chi connectivity index (χ1n) is 4.32. The molecule has 2 unspecified atom stereocenters. The molecule has 0 fully saturated rings. The van der Waals surface area contributed by atoms with Crippen LogP contribution in [0, 0.1) is 0 Å². The summed E-state index contributed by atoms with van der Waals surface area (Å²) in [5.41, 5.74) is 0. The van der Waals surface area contributed by atoms with Gasteiger partial charge in [-0.25, -0.2) is 0 Å². The molecule has 0 aromatic rings. The Balaban J connectivity index is 2.96. The Morgan fingerprint density at radius 1 is 1.71 bits per heavy atom. The van der Waals surface area contributed by atoms with Crippen molar-refractivity contribution in [3.8, 4) is 0 Å². The summed E-state index contributed by atoms with van der Waals surface area (Å²) in [7, 11) is -2.02. The van der Waals surface area contributed by atoms with Gasteiger partial charge in [0.2, 0.25) is 0 Å². The fourth-order valence-corrected chi connectivity index (χ4v) is 6.29. The van der Waals surface area contributed by atoms with Crippen LogP contribution in [0.5, 0.6) is 0 Å². The third-order valence-corrected chi connectivity index (χ3v) is 12.1. The van der Waals surface area contributed by atoms with E-state index in [4.69, 9.17) is 23.2 Å². The van der Waals surface area contributed by atoms with E-state index in [1.165, 1.54) is 0 Å². The number of halogens is 2. The summed E-state index contributed by atoms with van der Waals surface area (Å²) in [6.45, 7) is 4.13. The second-order valence-corrected chi connectivity index (χ2v) is 11.3. The standard InChI is InChI=1S/C8H13Cl2NOSi.Ti/c1-13(2,11-6-12)8(10)5-3-4-7(8)9;/h3-4,6-7H,5H2,1-2H3,(H,11,12);/q;+1/p-1. The van der Waals surface area contributed by atoms with Crippen molar-refractivity contribution in [1.29, 1.82) is 0 Å². The van der Waals surface area contributed by atoms with Gasteiger partial charge in [0.25, 0.3) is 0 Å². The van der Waals surface area contributed by atoms with E-state index in [-0.39, 0.29) is 5.38 Å². The number of hydrogen-bond acceptors (Lipinski definition) is 1. The number of allylic oxidation sites excluding steroid dienone is 2. The summed E-state index contributed by atoms with van der Waals surface area (Å²) < 4.78 is 1.24. The van der Waals surface area contributed by atoms with Crippen LogP contribution in [0.2, 0.25) is 13.1 Å². The van der Waals surface area contributed by atoms with Crippen LogP contribution in [0.4, 0.5) is 0 Å². The Labute approximate surface area is 107 Å². The molecule has 0 N–H and O–H groups in total. The molecule has 77 valence electrons. The van der Waals surface area contributed by atoms with Crippen LogP contribution in [0.15, 0.2) is 12.2 Å². The average molecular weight is 285 g/mol. The molecule has 14 heavy (non-hydrogen) atoms. The third-order valence-electron chi connectivity index (χ3n) is 2.88. The van der Waals surface area contributed by atoms with Gasteiger partial charge in [-0.05, 0) is 0 Å². The van der Waals surface area contributed by atoms with Crippen molar-refractivity contribution in [2.45, 2.75) is 29.4 Å². The van der Waals surface area contributed by atoms with Gasteiger partial charge in [-0.1, -0.05) is 0 Å². The minimum atomic E-state index is -2.02. The summed E-state index contributed by atoms with van der Waals surface area (Å²) in [4.78, 5) is 10.8. The Kier molecular flexibility index (Phi) is 3.93. The van der Waals surface area contributed by atoms with Crippen molar-refractivity contribution in [3.05, 3.63) is 12.2 Å². The van der Waals surface area contributed by atoms with Gasteiger partial charge < -0.3 is 0 Å². The number of hydrogen-bond donors (Lipinski definition) is 0. The molecular formula is C8H12Cl2NOSiTi. The van der Waals surface area contributed by atoms with Crippen LogP contribution < -0.4 is 0 Å². The molecule has 1 rings (SSSR count). The normalized spacial score (nSPS) is 31.8. The fraction of sp³-hybridized carbons (Fsp3) is 0.625. The number of nitrogens with zero attached hydrogens (tertiary/aromatic N) is 1. The zero-order valence-electron chi connectivity index (χ0n) is 8.13. The Morgan fingerprint density at radius 2 is 2.29 bits per heavy atom. The number of rotatable bonds is 3. The van der Waals surface area contributed by atoms with E-state index in [1.54, 1.807) is 23.7 Å². The molecule has 0 bridgehead atoms. The van der Waals surface area contributed by atoms with Crippen LogP contribution in [0.25, 0.3) is 0 Å². The Bertz CT molecular complexity index is 274. The van der Waals surface area contributed by atoms with Crippen LogP contribution in [0.1, 0.15) is 6.42 Å². The maximum atomic E-state index is 10.8. The molecule has 2 nitrogen and oxygen atoms in total. The van der Waals surface area contributed by atoms with Gasteiger partial charge in [-0.15, -0.1) is 0 Å². The summed E-state index contributed by atoms with van der Waals surface area (Å²) in [6, 6.07) is 0. The Morgan fingerprint density at radius 3 is 2.64 bits per heavy atom. The van der Waals surface area contributed by atoms with Gasteiger partial charge in [-0.2, -0.15) is 0 Å². The molecule has 1 aliphatic rings. The van der Waals surface area contributed by atoms with Gasteiger partial charge in [0.1, 0.15) is 0 Å². The van der Waals surface area contributed by atoms with Crippen molar-refractivity contribution in [2.24, 2.45) is 0 Å². The molecule has 1 aliphatic carbocycles. The molecule has 0 spiro atoms. The second kappa shape index (κ2) is 4.30. The van der Waals surface area contributed by atoms with E-state index in [9.17, 15) is 4.79 Å². The van der Waals surface area contributed by atoms with Crippen molar-refractivity contribution < 1.29 is 25.5 Å². The van der Waals surface area contributed by atoms with Crippen LogP contribution >= 0.6 is 23.2 Å². The molecule has 1 amide bonds. The molecule has 6 heteroatoms. The van der Waals surface area contributed by atoms with E-state index >= 15 is 0 Å². The number of amides is 1. The van der Waals surface area contributed by atoms with Crippen molar-refractivity contribution in [3.63, 3.8) is 0 Å². The van der Waals surface area contributed by atoms with Crippen molar-refractivity contribution in [1.82, 2.24) is 3.05 Å². The number of alkyl halides is 2. The van der Waals surface area contributed by atoms with Gasteiger partial charge in [0.05, 0.1) is 0 Å². The molecule has 2 atom stereocenters. The first-order chi connectivity index (χ1) is 6.36. The summed E-state index contributed by atoms with van der Waals surface area (Å²) >= 11 is 14.5. The maximum absolute atomic E-state index is 10.8. The SMILES string of the molecule is C[Si](C)([N]([Ti])C=O)C1(Cl)CC=CC1Cl. The van der Waals surface area contributed by atoms with Gasteiger partial charge in [0.15, 0.2) is 0 Å². The van der Waals surface area contributed by atoms with E-state index in [0.29, 0.717) is 0 Å². The first-order valence-corrected chi connectivity index (χ1v) is 8.78. The first kappa shape index (κ1) is 12.8. The Hall–Kier alpha value is 0.721. The van der Waals surface area contributed by atoms with Crippen molar-refractivity contribution in [2.75, 3.05) is 0 Å². The molecule has 0 radical (unpaired) electrons. The monoisotopic (exact) mass is 284 g/mol. The number of carbonyl (C=O) groups excluding carboxylic acids is 1. The van der Waals surface area contributed by atoms with Gasteiger partial charge >= 0.3 is 108 Å². The molecule has 0 saturated carbocycles. The van der Waals surface area contributed by atoms with Gasteiger partial charge in [0, 0.05) is 0 Å². The summed E-state index contributed by atoms with van der Waals surface area (Å²) in [6.07, 6.45) is 5.51.